The second-order valence-corrected chi connectivity index (χ2v) is 6.65. The Hall–Kier alpha value is -2.93. The molecular formula is C19H18ClN5O2. The predicted molar refractivity (Wildman–Crippen MR) is 102 cm³/mol. The normalized spacial score (nSPS) is 16.0. The minimum atomic E-state index is -0.292. The monoisotopic (exact) mass is 383 g/mol. The highest BCUT2D eigenvalue weighted by molar-refractivity contribution is 6.32. The van der Waals surface area contributed by atoms with Crippen molar-refractivity contribution in [1.29, 1.82) is 0 Å². The average Bonchev–Trinajstić information content (AvgIpc) is 3.11. The van der Waals surface area contributed by atoms with Gasteiger partial charge >= 0.3 is 0 Å². The summed E-state index contributed by atoms with van der Waals surface area (Å²) in [7, 11) is 0. The first-order valence-electron chi connectivity index (χ1n) is 8.73. The number of rotatable bonds is 3. The molecule has 3 aromatic rings. The van der Waals surface area contributed by atoms with Gasteiger partial charge in [0.1, 0.15) is 17.6 Å². The van der Waals surface area contributed by atoms with Crippen molar-refractivity contribution in [2.24, 2.45) is 0 Å². The number of anilines is 1. The highest BCUT2D eigenvalue weighted by Gasteiger charge is 2.31. The third kappa shape index (κ3) is 3.14. The maximum Gasteiger partial charge on any atom is 0.298 e. The van der Waals surface area contributed by atoms with Gasteiger partial charge in [-0.2, -0.15) is 0 Å². The highest BCUT2D eigenvalue weighted by Crippen LogP contribution is 2.31. The molecule has 0 fully saturated rings. The predicted octanol–water partition coefficient (Wildman–Crippen LogP) is 3.31. The molecule has 1 amide bonds. The summed E-state index contributed by atoms with van der Waals surface area (Å²) in [5.74, 6) is 0.931. The van der Waals surface area contributed by atoms with Gasteiger partial charge in [-0.15, -0.1) is 5.10 Å². The zero-order valence-electron chi connectivity index (χ0n) is 15.0. The molecule has 138 valence electrons. The number of aromatic nitrogens is 4. The number of para-hydroxylation sites is 1. The Morgan fingerprint density at radius 3 is 2.81 bits per heavy atom. The van der Waals surface area contributed by atoms with E-state index in [4.69, 9.17) is 16.3 Å². The number of amides is 1. The SMILES string of the molecule is CCc1nc(C(=O)N2C[C@H](C)Oc3ncccc32)nn1-c1ccccc1Cl. The van der Waals surface area contributed by atoms with Crippen molar-refractivity contribution in [3.05, 3.63) is 59.3 Å². The highest BCUT2D eigenvalue weighted by atomic mass is 35.5. The minimum absolute atomic E-state index is 0.121. The third-order valence-electron chi connectivity index (χ3n) is 4.30. The molecular weight excluding hydrogens is 366 g/mol. The first kappa shape index (κ1) is 17.5. The first-order chi connectivity index (χ1) is 13.1. The molecule has 1 aliphatic rings. The summed E-state index contributed by atoms with van der Waals surface area (Å²) in [5.41, 5.74) is 1.31. The topological polar surface area (TPSA) is 73.1 Å². The lowest BCUT2D eigenvalue weighted by molar-refractivity contribution is 0.0948. The summed E-state index contributed by atoms with van der Waals surface area (Å²) in [5, 5.41) is 5.00. The average molecular weight is 384 g/mol. The zero-order valence-corrected chi connectivity index (χ0v) is 15.7. The first-order valence-corrected chi connectivity index (χ1v) is 9.10. The van der Waals surface area contributed by atoms with E-state index in [9.17, 15) is 4.79 Å². The minimum Gasteiger partial charge on any atom is -0.471 e. The Bertz CT molecular complexity index is 1000. The summed E-state index contributed by atoms with van der Waals surface area (Å²) < 4.78 is 7.34. The Morgan fingerprint density at radius 1 is 1.26 bits per heavy atom. The second-order valence-electron chi connectivity index (χ2n) is 6.24. The molecule has 3 heterocycles. The van der Waals surface area contributed by atoms with Gasteiger partial charge in [0.15, 0.2) is 0 Å². The van der Waals surface area contributed by atoms with Crippen LogP contribution in [0.1, 0.15) is 30.3 Å². The number of pyridine rings is 1. The zero-order chi connectivity index (χ0) is 19.0. The van der Waals surface area contributed by atoms with Crippen LogP contribution in [0.3, 0.4) is 0 Å². The van der Waals surface area contributed by atoms with Crippen LogP contribution in [0.5, 0.6) is 5.88 Å². The summed E-state index contributed by atoms with van der Waals surface area (Å²) in [6.07, 6.45) is 2.08. The van der Waals surface area contributed by atoms with E-state index in [1.54, 1.807) is 34.0 Å². The van der Waals surface area contributed by atoms with E-state index in [-0.39, 0.29) is 17.8 Å². The van der Waals surface area contributed by atoms with Crippen LogP contribution >= 0.6 is 11.6 Å². The molecule has 0 aliphatic carbocycles. The molecule has 1 aliphatic heterocycles. The number of nitrogens with zero attached hydrogens (tertiary/aromatic N) is 5. The maximum absolute atomic E-state index is 13.2. The van der Waals surface area contributed by atoms with E-state index in [0.29, 0.717) is 41.1 Å². The number of benzene rings is 1. The molecule has 0 bridgehead atoms. The smallest absolute Gasteiger partial charge is 0.298 e. The van der Waals surface area contributed by atoms with Crippen LogP contribution < -0.4 is 9.64 Å². The summed E-state index contributed by atoms with van der Waals surface area (Å²) in [6, 6.07) is 10.9. The molecule has 1 atom stereocenters. The van der Waals surface area contributed by atoms with Gasteiger partial charge in [0.25, 0.3) is 5.91 Å². The van der Waals surface area contributed by atoms with Gasteiger partial charge in [-0.25, -0.2) is 14.6 Å². The number of carbonyl (C=O) groups is 1. The van der Waals surface area contributed by atoms with Crippen molar-refractivity contribution in [2.75, 3.05) is 11.4 Å². The Morgan fingerprint density at radius 2 is 2.04 bits per heavy atom. The van der Waals surface area contributed by atoms with Crippen molar-refractivity contribution in [1.82, 2.24) is 19.7 Å². The largest absolute Gasteiger partial charge is 0.471 e. The fraction of sp³-hybridized carbons (Fsp3) is 0.263. The van der Waals surface area contributed by atoms with Gasteiger partial charge in [0, 0.05) is 12.6 Å². The number of aryl methyl sites for hydroxylation is 1. The molecule has 27 heavy (non-hydrogen) atoms. The van der Waals surface area contributed by atoms with Gasteiger partial charge in [-0.3, -0.25) is 9.69 Å². The number of hydrogen-bond acceptors (Lipinski definition) is 5. The molecule has 0 N–H and O–H groups in total. The lowest BCUT2D eigenvalue weighted by Gasteiger charge is -2.31. The number of fused-ring (bicyclic) bond motifs is 1. The molecule has 7 nitrogen and oxygen atoms in total. The molecule has 8 heteroatoms. The standard InChI is InChI=1S/C19H18ClN5O2/c1-3-16-22-17(23-25(16)14-8-5-4-7-13(14)20)19(26)24-11-12(2)27-18-15(24)9-6-10-21-18/h4-10,12H,3,11H2,1-2H3/t12-/m0/s1. The van der Waals surface area contributed by atoms with Crippen LogP contribution in [0.2, 0.25) is 5.02 Å². The molecule has 0 spiro atoms. The van der Waals surface area contributed by atoms with Crippen molar-refractivity contribution >= 4 is 23.2 Å². The van der Waals surface area contributed by atoms with E-state index < -0.39 is 0 Å². The van der Waals surface area contributed by atoms with E-state index >= 15 is 0 Å². The number of carbonyl (C=O) groups excluding carboxylic acids is 1. The van der Waals surface area contributed by atoms with Gasteiger partial charge in [-0.1, -0.05) is 30.7 Å². The van der Waals surface area contributed by atoms with Gasteiger partial charge < -0.3 is 4.74 Å². The van der Waals surface area contributed by atoms with E-state index in [0.717, 1.165) is 0 Å². The van der Waals surface area contributed by atoms with Crippen LogP contribution in [-0.4, -0.2) is 38.3 Å². The Labute approximate surface area is 161 Å². The summed E-state index contributed by atoms with van der Waals surface area (Å²) >= 11 is 6.30. The third-order valence-corrected chi connectivity index (χ3v) is 4.62. The number of halogens is 1. The lowest BCUT2D eigenvalue weighted by Crippen LogP contribution is -2.43. The van der Waals surface area contributed by atoms with Crippen molar-refractivity contribution in [2.45, 2.75) is 26.4 Å². The Balaban J connectivity index is 1.75. The van der Waals surface area contributed by atoms with E-state index in [2.05, 4.69) is 15.1 Å². The van der Waals surface area contributed by atoms with Crippen molar-refractivity contribution < 1.29 is 9.53 Å². The molecule has 0 unspecified atom stereocenters. The maximum atomic E-state index is 13.2. The van der Waals surface area contributed by atoms with Gasteiger partial charge in [0.2, 0.25) is 11.7 Å². The van der Waals surface area contributed by atoms with Gasteiger partial charge in [-0.05, 0) is 31.2 Å². The molecule has 0 saturated carbocycles. The van der Waals surface area contributed by atoms with Crippen LogP contribution in [0, 0.1) is 0 Å². The number of hydrogen-bond donors (Lipinski definition) is 0. The molecule has 4 rings (SSSR count). The fourth-order valence-electron chi connectivity index (χ4n) is 3.06. The molecule has 0 saturated heterocycles. The van der Waals surface area contributed by atoms with Crippen molar-refractivity contribution in [3.63, 3.8) is 0 Å². The van der Waals surface area contributed by atoms with Crippen LogP contribution in [0.4, 0.5) is 5.69 Å². The molecule has 2 aromatic heterocycles. The van der Waals surface area contributed by atoms with Crippen LogP contribution in [0.15, 0.2) is 42.6 Å². The van der Waals surface area contributed by atoms with E-state index in [1.165, 1.54) is 0 Å². The van der Waals surface area contributed by atoms with Crippen molar-refractivity contribution in [3.8, 4) is 11.6 Å². The van der Waals surface area contributed by atoms with Gasteiger partial charge in [0.05, 0.1) is 17.3 Å². The fourth-order valence-corrected chi connectivity index (χ4v) is 3.27. The molecule has 0 radical (unpaired) electrons. The second kappa shape index (κ2) is 7.00. The van der Waals surface area contributed by atoms with Crippen LogP contribution in [0.25, 0.3) is 5.69 Å². The van der Waals surface area contributed by atoms with E-state index in [1.807, 2.05) is 32.0 Å². The summed E-state index contributed by atoms with van der Waals surface area (Å²) in [4.78, 5) is 23.5. The molecule has 1 aromatic carbocycles. The summed E-state index contributed by atoms with van der Waals surface area (Å²) in [6.45, 7) is 4.26. The lowest BCUT2D eigenvalue weighted by atomic mass is 10.2. The number of ether oxygens (including phenoxy) is 1. The Kier molecular flexibility index (Phi) is 4.53. The quantitative estimate of drug-likeness (QED) is 0.693. The van der Waals surface area contributed by atoms with Crippen LogP contribution in [-0.2, 0) is 6.42 Å².